The summed E-state index contributed by atoms with van der Waals surface area (Å²) in [5.41, 5.74) is 2.12. The Kier molecular flexibility index (Phi) is 3.91. The minimum absolute atomic E-state index is 0.189. The van der Waals surface area contributed by atoms with E-state index in [-0.39, 0.29) is 5.82 Å². The molecule has 0 saturated carbocycles. The average Bonchev–Trinajstić information content (AvgIpc) is 2.69. The molecule has 1 aromatic heterocycles. The highest BCUT2D eigenvalue weighted by molar-refractivity contribution is 7.71. The lowest BCUT2D eigenvalue weighted by molar-refractivity contribution is 0.621. The van der Waals surface area contributed by atoms with Gasteiger partial charge in [0, 0.05) is 13.0 Å². The van der Waals surface area contributed by atoms with E-state index in [0.29, 0.717) is 4.77 Å². The van der Waals surface area contributed by atoms with E-state index in [1.54, 1.807) is 6.07 Å². The summed E-state index contributed by atoms with van der Waals surface area (Å²) in [6, 6.07) is 4.89. The molecule has 96 valence electrons. The topological polar surface area (TPSA) is 33.6 Å². The SMILES string of the molecule is CCc1n[nH]c(=S)n1CCc1ccc(F)cc1C. The monoisotopic (exact) mass is 265 g/mol. The summed E-state index contributed by atoms with van der Waals surface area (Å²) in [5, 5.41) is 6.97. The zero-order valence-electron chi connectivity index (χ0n) is 10.5. The summed E-state index contributed by atoms with van der Waals surface area (Å²) >= 11 is 5.19. The van der Waals surface area contributed by atoms with E-state index >= 15 is 0 Å². The van der Waals surface area contributed by atoms with Crippen LogP contribution in [0.5, 0.6) is 0 Å². The van der Waals surface area contributed by atoms with E-state index in [9.17, 15) is 4.39 Å². The van der Waals surface area contributed by atoms with E-state index in [0.717, 1.165) is 36.3 Å². The van der Waals surface area contributed by atoms with Gasteiger partial charge in [-0.1, -0.05) is 13.0 Å². The number of benzene rings is 1. The molecule has 1 N–H and O–H groups in total. The maximum absolute atomic E-state index is 13.0. The highest BCUT2D eigenvalue weighted by Crippen LogP contribution is 2.12. The predicted octanol–water partition coefficient (Wildman–Crippen LogP) is 3.19. The molecule has 2 rings (SSSR count). The van der Waals surface area contributed by atoms with E-state index in [2.05, 4.69) is 10.2 Å². The number of nitrogens with one attached hydrogen (secondary N) is 1. The Morgan fingerprint density at radius 1 is 1.44 bits per heavy atom. The molecule has 0 unspecified atom stereocenters. The van der Waals surface area contributed by atoms with Gasteiger partial charge in [0.1, 0.15) is 11.6 Å². The van der Waals surface area contributed by atoms with Crippen molar-refractivity contribution < 1.29 is 4.39 Å². The third-order valence-corrected chi connectivity index (χ3v) is 3.37. The zero-order chi connectivity index (χ0) is 13.1. The molecule has 0 amide bonds. The van der Waals surface area contributed by atoms with Crippen LogP contribution in [0.3, 0.4) is 0 Å². The van der Waals surface area contributed by atoms with Crippen LogP contribution in [-0.4, -0.2) is 14.8 Å². The van der Waals surface area contributed by atoms with Gasteiger partial charge in [-0.3, -0.25) is 5.10 Å². The maximum atomic E-state index is 13.0. The number of hydrogen-bond donors (Lipinski definition) is 1. The van der Waals surface area contributed by atoms with Gasteiger partial charge in [-0.05, 0) is 48.8 Å². The van der Waals surface area contributed by atoms with Crippen LogP contribution in [0.25, 0.3) is 0 Å². The van der Waals surface area contributed by atoms with Gasteiger partial charge in [-0.2, -0.15) is 5.10 Å². The molecule has 1 heterocycles. The normalized spacial score (nSPS) is 10.8. The van der Waals surface area contributed by atoms with Crippen LogP contribution in [0.1, 0.15) is 23.9 Å². The van der Waals surface area contributed by atoms with Crippen LogP contribution in [0, 0.1) is 17.5 Å². The predicted molar refractivity (Wildman–Crippen MR) is 71.6 cm³/mol. The average molecular weight is 265 g/mol. The van der Waals surface area contributed by atoms with Crippen molar-refractivity contribution in [2.45, 2.75) is 33.2 Å². The fourth-order valence-electron chi connectivity index (χ4n) is 2.02. The first kappa shape index (κ1) is 13.0. The van der Waals surface area contributed by atoms with Crippen molar-refractivity contribution in [3.8, 4) is 0 Å². The Morgan fingerprint density at radius 2 is 2.22 bits per heavy atom. The number of nitrogens with zero attached hydrogens (tertiary/aromatic N) is 2. The summed E-state index contributed by atoms with van der Waals surface area (Å²) in [6.45, 7) is 4.74. The van der Waals surface area contributed by atoms with Crippen molar-refractivity contribution in [3.05, 3.63) is 45.7 Å². The number of H-pyrrole nitrogens is 1. The molecule has 0 aliphatic rings. The molecule has 0 saturated heterocycles. The minimum Gasteiger partial charge on any atom is -0.304 e. The lowest BCUT2D eigenvalue weighted by atomic mass is 10.1. The lowest BCUT2D eigenvalue weighted by Gasteiger charge is -2.08. The summed E-state index contributed by atoms with van der Waals surface area (Å²) in [7, 11) is 0. The van der Waals surface area contributed by atoms with Crippen LogP contribution >= 0.6 is 12.2 Å². The van der Waals surface area contributed by atoms with E-state index < -0.39 is 0 Å². The Morgan fingerprint density at radius 3 is 2.89 bits per heavy atom. The maximum Gasteiger partial charge on any atom is 0.195 e. The molecule has 1 aromatic carbocycles. The first-order chi connectivity index (χ1) is 8.61. The number of aromatic amines is 1. The lowest BCUT2D eigenvalue weighted by Crippen LogP contribution is -2.06. The number of aryl methyl sites for hydroxylation is 3. The standard InChI is InChI=1S/C13H16FN3S/c1-3-12-15-16-13(18)17(12)7-6-10-4-5-11(14)8-9(10)2/h4-5,8H,3,6-7H2,1-2H3,(H,16,18). The van der Waals surface area contributed by atoms with E-state index in [1.807, 2.05) is 24.5 Å². The number of halogens is 1. The Balaban J connectivity index is 2.16. The third-order valence-electron chi connectivity index (χ3n) is 3.06. The van der Waals surface area contributed by atoms with Gasteiger partial charge in [-0.25, -0.2) is 4.39 Å². The Hall–Kier alpha value is -1.49. The number of hydrogen-bond acceptors (Lipinski definition) is 2. The van der Waals surface area contributed by atoms with Crippen molar-refractivity contribution in [1.82, 2.24) is 14.8 Å². The molecule has 2 aromatic rings. The molecule has 0 fully saturated rings. The molecule has 0 radical (unpaired) electrons. The Bertz CT molecular complexity index is 601. The van der Waals surface area contributed by atoms with Gasteiger partial charge in [0.2, 0.25) is 0 Å². The van der Waals surface area contributed by atoms with E-state index in [1.165, 1.54) is 6.07 Å². The van der Waals surface area contributed by atoms with Crippen molar-refractivity contribution in [3.63, 3.8) is 0 Å². The van der Waals surface area contributed by atoms with Gasteiger partial charge in [0.05, 0.1) is 0 Å². The van der Waals surface area contributed by atoms with Gasteiger partial charge in [-0.15, -0.1) is 0 Å². The molecule has 0 atom stereocenters. The molecule has 3 nitrogen and oxygen atoms in total. The molecule has 5 heteroatoms. The second-order valence-corrected chi connectivity index (χ2v) is 4.66. The summed E-state index contributed by atoms with van der Waals surface area (Å²) in [5.74, 6) is 0.769. The minimum atomic E-state index is -0.189. The molecule has 0 aliphatic carbocycles. The fraction of sp³-hybridized carbons (Fsp3) is 0.385. The van der Waals surface area contributed by atoms with Crippen LogP contribution in [-0.2, 0) is 19.4 Å². The van der Waals surface area contributed by atoms with Crippen LogP contribution in [0.4, 0.5) is 4.39 Å². The van der Waals surface area contributed by atoms with Gasteiger partial charge >= 0.3 is 0 Å². The first-order valence-corrected chi connectivity index (χ1v) is 6.41. The van der Waals surface area contributed by atoms with Crippen LogP contribution in [0.2, 0.25) is 0 Å². The van der Waals surface area contributed by atoms with Gasteiger partial charge < -0.3 is 4.57 Å². The Labute approximate surface area is 111 Å². The zero-order valence-corrected chi connectivity index (χ0v) is 11.4. The molecule has 0 spiro atoms. The van der Waals surface area contributed by atoms with E-state index in [4.69, 9.17) is 12.2 Å². The molecule has 0 aliphatic heterocycles. The van der Waals surface area contributed by atoms with Crippen LogP contribution < -0.4 is 0 Å². The highest BCUT2D eigenvalue weighted by atomic mass is 32.1. The van der Waals surface area contributed by atoms with Crippen molar-refractivity contribution >= 4 is 12.2 Å². The summed E-state index contributed by atoms with van der Waals surface area (Å²) in [4.78, 5) is 0. The van der Waals surface area contributed by atoms with Crippen molar-refractivity contribution in [1.29, 1.82) is 0 Å². The van der Waals surface area contributed by atoms with Gasteiger partial charge in [0.15, 0.2) is 4.77 Å². The number of aromatic nitrogens is 3. The quantitative estimate of drug-likeness (QED) is 0.861. The molecular formula is C13H16FN3S. The highest BCUT2D eigenvalue weighted by Gasteiger charge is 2.05. The fourth-order valence-corrected chi connectivity index (χ4v) is 2.27. The third kappa shape index (κ3) is 2.67. The van der Waals surface area contributed by atoms with Gasteiger partial charge in [0.25, 0.3) is 0 Å². The smallest absolute Gasteiger partial charge is 0.195 e. The summed E-state index contributed by atoms with van der Waals surface area (Å²) < 4.78 is 15.7. The summed E-state index contributed by atoms with van der Waals surface area (Å²) in [6.07, 6.45) is 1.67. The number of rotatable bonds is 4. The van der Waals surface area contributed by atoms with Crippen LogP contribution in [0.15, 0.2) is 18.2 Å². The van der Waals surface area contributed by atoms with Crippen molar-refractivity contribution in [2.75, 3.05) is 0 Å². The molecular weight excluding hydrogens is 249 g/mol. The van der Waals surface area contributed by atoms with Crippen molar-refractivity contribution in [2.24, 2.45) is 0 Å². The first-order valence-electron chi connectivity index (χ1n) is 6.01. The second kappa shape index (κ2) is 5.44. The second-order valence-electron chi connectivity index (χ2n) is 4.27. The largest absolute Gasteiger partial charge is 0.304 e. The molecule has 18 heavy (non-hydrogen) atoms. The molecule has 0 bridgehead atoms.